The Balaban J connectivity index is 1.19. The predicted octanol–water partition coefficient (Wildman–Crippen LogP) is 16.1. The highest BCUT2D eigenvalue weighted by molar-refractivity contribution is 7.99. The largest absolute Gasteiger partial charge is 0.309 e. The fourth-order valence-electron chi connectivity index (χ4n) is 10.0. The average Bonchev–Trinajstić information content (AvgIpc) is 3.62. The van der Waals surface area contributed by atoms with Crippen molar-refractivity contribution in [1.29, 1.82) is 0 Å². The number of hydrogen-bond acceptors (Lipinski definition) is 2. The molecule has 1 heterocycles. The van der Waals surface area contributed by atoms with E-state index < -0.39 is 5.41 Å². The molecule has 286 valence electrons. The molecular formula is C59H39NS. The van der Waals surface area contributed by atoms with Crippen LogP contribution in [0.25, 0.3) is 55.3 Å². The van der Waals surface area contributed by atoms with E-state index >= 15 is 0 Å². The number of fused-ring (bicyclic) bond motifs is 10. The molecule has 0 radical (unpaired) electrons. The van der Waals surface area contributed by atoms with Crippen molar-refractivity contribution >= 4 is 39.6 Å². The lowest BCUT2D eigenvalue weighted by atomic mass is 9.66. The molecule has 1 aliphatic carbocycles. The van der Waals surface area contributed by atoms with Crippen LogP contribution in [0.2, 0.25) is 0 Å². The van der Waals surface area contributed by atoms with Crippen LogP contribution in [0, 0.1) is 0 Å². The standard InChI is InChI=1S/C59H39NS/c1-4-17-40(18-5-1)42-31-34-47(35-32-42)60(54-36-33-46(41-19-6-2-7-20-41)37-50(54)43-21-8-3-9-22-43)55-29-16-30-56-58(55)59(53-38-44-23-10-11-24-45(44)39-57(53)61-56)51-27-14-12-25-48(51)49-26-13-15-28-52(49)59/h1-39H. The van der Waals surface area contributed by atoms with Crippen molar-refractivity contribution in [3.63, 3.8) is 0 Å². The number of hydrogen-bond donors (Lipinski definition) is 0. The van der Waals surface area contributed by atoms with E-state index in [2.05, 4.69) is 241 Å². The summed E-state index contributed by atoms with van der Waals surface area (Å²) in [7, 11) is 0. The summed E-state index contributed by atoms with van der Waals surface area (Å²) in [4.78, 5) is 5.11. The van der Waals surface area contributed by atoms with Crippen molar-refractivity contribution in [2.24, 2.45) is 0 Å². The maximum atomic E-state index is 2.54. The van der Waals surface area contributed by atoms with Crippen LogP contribution in [0.5, 0.6) is 0 Å². The maximum Gasteiger partial charge on any atom is 0.0756 e. The van der Waals surface area contributed by atoms with Gasteiger partial charge in [-0.05, 0) is 115 Å². The van der Waals surface area contributed by atoms with Crippen molar-refractivity contribution in [1.82, 2.24) is 0 Å². The highest BCUT2D eigenvalue weighted by atomic mass is 32.2. The molecule has 61 heavy (non-hydrogen) atoms. The van der Waals surface area contributed by atoms with Crippen LogP contribution in [0.4, 0.5) is 17.1 Å². The number of nitrogens with zero attached hydrogens (tertiary/aromatic N) is 1. The quantitative estimate of drug-likeness (QED) is 0.165. The summed E-state index contributed by atoms with van der Waals surface area (Å²) >= 11 is 1.90. The third kappa shape index (κ3) is 5.64. The minimum Gasteiger partial charge on any atom is -0.309 e. The second-order valence-corrected chi connectivity index (χ2v) is 17.1. The monoisotopic (exact) mass is 793 g/mol. The van der Waals surface area contributed by atoms with Gasteiger partial charge in [0.15, 0.2) is 0 Å². The summed E-state index contributed by atoms with van der Waals surface area (Å²) in [6, 6.07) is 87.5. The fraction of sp³-hybridized carbons (Fsp3) is 0.0169. The zero-order valence-electron chi connectivity index (χ0n) is 33.4. The van der Waals surface area contributed by atoms with E-state index in [-0.39, 0.29) is 0 Å². The lowest BCUT2D eigenvalue weighted by Crippen LogP contribution is -2.34. The van der Waals surface area contributed by atoms with Gasteiger partial charge in [0.25, 0.3) is 0 Å². The first kappa shape index (κ1) is 35.5. The molecule has 10 aromatic carbocycles. The summed E-state index contributed by atoms with van der Waals surface area (Å²) in [5.41, 5.74) is 17.8. The average molecular weight is 794 g/mol. The van der Waals surface area contributed by atoms with E-state index in [1.807, 2.05) is 11.8 Å². The molecule has 2 heteroatoms. The highest BCUT2D eigenvalue weighted by Crippen LogP contribution is 2.65. The van der Waals surface area contributed by atoms with E-state index in [1.165, 1.54) is 87.3 Å². The minimum atomic E-state index is -0.594. The first-order chi connectivity index (χ1) is 30.3. The van der Waals surface area contributed by atoms with Gasteiger partial charge in [-0.25, -0.2) is 0 Å². The Hall–Kier alpha value is -7.39. The highest BCUT2D eigenvalue weighted by Gasteiger charge is 2.52. The van der Waals surface area contributed by atoms with Crippen LogP contribution < -0.4 is 4.90 Å². The molecule has 0 saturated carbocycles. The van der Waals surface area contributed by atoms with E-state index in [9.17, 15) is 0 Å². The molecule has 0 fully saturated rings. The minimum absolute atomic E-state index is 0.594. The van der Waals surface area contributed by atoms with Gasteiger partial charge >= 0.3 is 0 Å². The topological polar surface area (TPSA) is 3.24 Å². The normalized spacial score (nSPS) is 13.0. The number of anilines is 3. The molecule has 0 unspecified atom stereocenters. The summed E-state index contributed by atoms with van der Waals surface area (Å²) in [6.45, 7) is 0. The van der Waals surface area contributed by atoms with Crippen LogP contribution >= 0.6 is 11.8 Å². The Morgan fingerprint density at radius 3 is 1.49 bits per heavy atom. The van der Waals surface area contributed by atoms with Crippen molar-refractivity contribution in [2.45, 2.75) is 15.2 Å². The third-order valence-electron chi connectivity index (χ3n) is 12.7. The predicted molar refractivity (Wildman–Crippen MR) is 256 cm³/mol. The SMILES string of the molecule is c1ccc(-c2ccc(N(c3ccc(-c4ccccc4)cc3-c3ccccc3)c3cccc4c3C3(c5cc6ccccc6cc5S4)c4ccccc4-c4ccccc43)cc2)cc1. The van der Waals surface area contributed by atoms with Crippen LogP contribution in [0.15, 0.2) is 246 Å². The van der Waals surface area contributed by atoms with Gasteiger partial charge in [-0.2, -0.15) is 0 Å². The molecule has 0 aromatic heterocycles. The molecule has 1 aliphatic heterocycles. The van der Waals surface area contributed by atoms with E-state index in [0.717, 1.165) is 17.1 Å². The van der Waals surface area contributed by atoms with E-state index in [4.69, 9.17) is 0 Å². The van der Waals surface area contributed by atoms with Crippen LogP contribution in [0.3, 0.4) is 0 Å². The Kier molecular flexibility index (Phi) is 8.40. The van der Waals surface area contributed by atoms with E-state index in [0.29, 0.717) is 0 Å². The van der Waals surface area contributed by atoms with Gasteiger partial charge in [0.1, 0.15) is 0 Å². The summed E-state index contributed by atoms with van der Waals surface area (Å²) in [5.74, 6) is 0. The second kappa shape index (κ2) is 14.4. The second-order valence-electron chi connectivity index (χ2n) is 16.0. The molecule has 1 spiro atoms. The van der Waals surface area contributed by atoms with Crippen LogP contribution in [-0.2, 0) is 5.41 Å². The van der Waals surface area contributed by atoms with Gasteiger partial charge in [0, 0.05) is 26.6 Å². The molecule has 12 rings (SSSR count). The first-order valence-electron chi connectivity index (χ1n) is 21.0. The molecule has 0 saturated heterocycles. The number of benzene rings is 10. The molecular weight excluding hydrogens is 755 g/mol. The van der Waals surface area contributed by atoms with Crippen molar-refractivity contribution in [3.8, 4) is 44.5 Å². The van der Waals surface area contributed by atoms with Gasteiger partial charge in [-0.1, -0.05) is 200 Å². The molecule has 2 aliphatic rings. The third-order valence-corrected chi connectivity index (χ3v) is 13.8. The Morgan fingerprint density at radius 2 is 0.836 bits per heavy atom. The lowest BCUT2D eigenvalue weighted by Gasteiger charge is -2.43. The van der Waals surface area contributed by atoms with E-state index in [1.54, 1.807) is 0 Å². The Bertz CT molecular complexity index is 3220. The van der Waals surface area contributed by atoms with Gasteiger partial charge in [0.05, 0.1) is 16.8 Å². The Morgan fingerprint density at radius 1 is 0.311 bits per heavy atom. The zero-order valence-corrected chi connectivity index (χ0v) is 34.2. The molecule has 0 bridgehead atoms. The van der Waals surface area contributed by atoms with Crippen molar-refractivity contribution < 1.29 is 0 Å². The van der Waals surface area contributed by atoms with Crippen LogP contribution in [-0.4, -0.2) is 0 Å². The lowest BCUT2D eigenvalue weighted by molar-refractivity contribution is 0.724. The number of rotatable bonds is 6. The first-order valence-corrected chi connectivity index (χ1v) is 21.8. The summed E-state index contributed by atoms with van der Waals surface area (Å²) in [5, 5.41) is 2.51. The summed E-state index contributed by atoms with van der Waals surface area (Å²) < 4.78 is 0. The van der Waals surface area contributed by atoms with Crippen molar-refractivity contribution in [2.75, 3.05) is 4.90 Å². The molecule has 10 aromatic rings. The molecule has 0 amide bonds. The Labute approximate surface area is 361 Å². The smallest absolute Gasteiger partial charge is 0.0756 e. The molecule has 0 atom stereocenters. The van der Waals surface area contributed by atoms with Crippen LogP contribution in [0.1, 0.15) is 22.3 Å². The van der Waals surface area contributed by atoms with Gasteiger partial charge in [0.2, 0.25) is 0 Å². The van der Waals surface area contributed by atoms with Gasteiger partial charge < -0.3 is 4.90 Å². The molecule has 0 N–H and O–H groups in total. The zero-order chi connectivity index (χ0) is 40.3. The molecule has 1 nitrogen and oxygen atoms in total. The van der Waals surface area contributed by atoms with Gasteiger partial charge in [-0.15, -0.1) is 0 Å². The van der Waals surface area contributed by atoms with Gasteiger partial charge in [-0.3, -0.25) is 0 Å². The maximum absolute atomic E-state index is 2.54. The fourth-order valence-corrected chi connectivity index (χ4v) is 11.3. The summed E-state index contributed by atoms with van der Waals surface area (Å²) in [6.07, 6.45) is 0. The van der Waals surface area contributed by atoms with Crippen molar-refractivity contribution in [3.05, 3.63) is 259 Å².